The van der Waals surface area contributed by atoms with Gasteiger partial charge < -0.3 is 4.74 Å². The third-order valence-corrected chi connectivity index (χ3v) is 14.7. The molecule has 83 heavy (non-hydrogen) atoms. The summed E-state index contributed by atoms with van der Waals surface area (Å²) < 4.78 is 304. The van der Waals surface area contributed by atoms with E-state index in [2.05, 4.69) is 0 Å². The second-order valence-electron chi connectivity index (χ2n) is 19.0. The molecule has 0 unspecified atom stereocenters. The minimum Gasteiger partial charge on any atom is -0.456 e. The molecule has 11 aromatic carbocycles. The first kappa shape index (κ1) is 54.3. The molecule has 412 valence electrons. The summed E-state index contributed by atoms with van der Waals surface area (Å²) in [5, 5.41) is 3.54. The SMILES string of the molecule is Fc1c(F)c(F)c(B(c2ccc(-c3ccc4c(c3)Oc3cccc5c3c-4cc3c4ccccc4c(-c4ccc(B(c6c(F)c(F)c(F)c(F)c6F)c6c(F)c(F)c(F)c(F)c6F)cc4)cc53)cc2)c2c(F)c(F)c(F)c(F)c2F)c(F)c1F. The summed E-state index contributed by atoms with van der Waals surface area (Å²) in [4.78, 5) is 0. The van der Waals surface area contributed by atoms with Gasteiger partial charge in [-0.25, -0.2) is 87.8 Å². The van der Waals surface area contributed by atoms with E-state index in [1.807, 2.05) is 6.07 Å². The molecule has 0 saturated heterocycles. The third kappa shape index (κ3) is 8.04. The molecule has 1 heterocycles. The summed E-state index contributed by atoms with van der Waals surface area (Å²) in [5.74, 6) is -51.4. The molecule has 11 aromatic rings. The smallest absolute Gasteiger partial charge is 0.257 e. The second-order valence-corrected chi connectivity index (χ2v) is 19.0. The van der Waals surface area contributed by atoms with E-state index in [-0.39, 0.29) is 16.9 Å². The van der Waals surface area contributed by atoms with Gasteiger partial charge >= 0.3 is 0 Å². The fourth-order valence-corrected chi connectivity index (χ4v) is 10.9. The number of hydrogen-bond acceptors (Lipinski definition) is 1. The predicted molar refractivity (Wildman–Crippen MR) is 270 cm³/mol. The van der Waals surface area contributed by atoms with E-state index in [0.717, 1.165) is 24.3 Å². The van der Waals surface area contributed by atoms with Crippen molar-refractivity contribution in [1.82, 2.24) is 0 Å². The monoisotopic (exact) mass is 1160 g/mol. The van der Waals surface area contributed by atoms with Crippen LogP contribution in [0, 0.1) is 116 Å². The van der Waals surface area contributed by atoms with E-state index < -0.39 is 163 Å². The number of halogens is 20. The van der Waals surface area contributed by atoms with Crippen LogP contribution >= 0.6 is 0 Å². The van der Waals surface area contributed by atoms with Crippen LogP contribution in [0.15, 0.2) is 121 Å². The molecule has 0 aliphatic carbocycles. The Hall–Kier alpha value is -9.27. The Kier molecular flexibility index (Phi) is 12.9. The minimum absolute atomic E-state index is 0.230. The molecule has 0 amide bonds. The van der Waals surface area contributed by atoms with Crippen molar-refractivity contribution < 1.29 is 92.5 Å². The average Bonchev–Trinajstić information content (AvgIpc) is 1.90. The Morgan fingerprint density at radius 3 is 0.988 bits per heavy atom. The van der Waals surface area contributed by atoms with Gasteiger partial charge in [0.1, 0.15) is 11.5 Å². The van der Waals surface area contributed by atoms with E-state index in [4.69, 9.17) is 4.74 Å². The summed E-state index contributed by atoms with van der Waals surface area (Å²) in [6.45, 7) is -5.61. The van der Waals surface area contributed by atoms with E-state index >= 15 is 35.1 Å². The highest BCUT2D eigenvalue weighted by Gasteiger charge is 2.43. The first-order valence-electron chi connectivity index (χ1n) is 24.0. The van der Waals surface area contributed by atoms with Crippen molar-refractivity contribution in [2.24, 2.45) is 0 Å². The van der Waals surface area contributed by atoms with Gasteiger partial charge in [0, 0.05) is 32.8 Å². The van der Waals surface area contributed by atoms with Crippen molar-refractivity contribution in [3.8, 4) is 44.9 Å². The number of benzene rings is 11. The maximum atomic E-state index is 15.5. The van der Waals surface area contributed by atoms with Gasteiger partial charge in [0.2, 0.25) is 0 Å². The van der Waals surface area contributed by atoms with Crippen molar-refractivity contribution in [2.45, 2.75) is 0 Å². The van der Waals surface area contributed by atoms with Crippen LogP contribution in [0.3, 0.4) is 0 Å². The maximum absolute atomic E-state index is 15.5. The lowest BCUT2D eigenvalue weighted by molar-refractivity contribution is 0.382. The Morgan fingerprint density at radius 1 is 0.229 bits per heavy atom. The van der Waals surface area contributed by atoms with E-state index in [1.165, 1.54) is 24.3 Å². The topological polar surface area (TPSA) is 9.23 Å². The average molecular weight is 1160 g/mol. The van der Waals surface area contributed by atoms with Gasteiger partial charge in [0.25, 0.3) is 13.4 Å². The van der Waals surface area contributed by atoms with Crippen LogP contribution in [0.25, 0.3) is 65.7 Å². The van der Waals surface area contributed by atoms with Crippen molar-refractivity contribution in [3.05, 3.63) is 238 Å². The highest BCUT2D eigenvalue weighted by molar-refractivity contribution is 6.96. The van der Waals surface area contributed by atoms with Gasteiger partial charge in [0.15, 0.2) is 116 Å². The Bertz CT molecular complexity index is 4410. The maximum Gasteiger partial charge on any atom is 0.257 e. The van der Waals surface area contributed by atoms with Gasteiger partial charge in [-0.2, -0.15) is 0 Å². The number of ether oxygens (including phenoxy) is 1. The van der Waals surface area contributed by atoms with Crippen molar-refractivity contribution in [2.75, 3.05) is 0 Å². The quantitative estimate of drug-likeness (QED) is 0.0484. The zero-order valence-electron chi connectivity index (χ0n) is 40.7. The van der Waals surface area contributed by atoms with Crippen LogP contribution in [0.5, 0.6) is 11.5 Å². The van der Waals surface area contributed by atoms with Gasteiger partial charge in [-0.15, -0.1) is 0 Å². The third-order valence-electron chi connectivity index (χ3n) is 14.7. The standard InChI is InChI=1S/C60H20B2F20O/c63-41-37(42(64)50(72)57(79)49(41)71)61(38-43(65)51(73)58(80)52(74)44(38)66)24-13-8-21(9-14-24)23-12-17-28-33-20-31-27-5-2-1-4-26(27)30(19-32(31)29-6-3-7-34(36(29)33)83-35(28)18-23)22-10-15-25(16-11-22)62(39-45(67)53(75)59(81)54(76)46(39)68)40-47(69)55(77)60(82)56(78)48(40)70/h1-20H. The summed E-state index contributed by atoms with van der Waals surface area (Å²) in [5.41, 5.74) is -6.57. The predicted octanol–water partition coefficient (Wildman–Crippen LogP) is 14.1. The minimum atomic E-state index is -2.81. The molecule has 0 atom stereocenters. The number of hydrogen-bond donors (Lipinski definition) is 0. The summed E-state index contributed by atoms with van der Waals surface area (Å²) in [6, 6.07) is 28.9. The molecule has 12 rings (SSSR count). The highest BCUT2D eigenvalue weighted by Crippen LogP contribution is 2.51. The fraction of sp³-hybridized carbons (Fsp3) is 0. The van der Waals surface area contributed by atoms with Gasteiger partial charge in [0.05, 0.1) is 0 Å². The lowest BCUT2D eigenvalue weighted by Gasteiger charge is -2.24. The number of fused-ring (bicyclic) bond motifs is 6. The summed E-state index contributed by atoms with van der Waals surface area (Å²) in [7, 11) is 0. The molecule has 0 radical (unpaired) electrons. The van der Waals surface area contributed by atoms with Crippen LogP contribution in [0.1, 0.15) is 0 Å². The Morgan fingerprint density at radius 2 is 0.566 bits per heavy atom. The van der Waals surface area contributed by atoms with Crippen molar-refractivity contribution in [3.63, 3.8) is 0 Å². The first-order valence-corrected chi connectivity index (χ1v) is 24.0. The Labute approximate surface area is 452 Å². The van der Waals surface area contributed by atoms with Crippen LogP contribution in [-0.4, -0.2) is 13.4 Å². The van der Waals surface area contributed by atoms with Crippen LogP contribution in [0.4, 0.5) is 87.8 Å². The molecule has 1 aliphatic rings. The normalized spacial score (nSPS) is 12.0. The molecule has 0 saturated carbocycles. The largest absolute Gasteiger partial charge is 0.456 e. The fourth-order valence-electron chi connectivity index (χ4n) is 10.9. The van der Waals surface area contributed by atoms with Gasteiger partial charge in [-0.3, -0.25) is 0 Å². The highest BCUT2D eigenvalue weighted by atomic mass is 19.2. The van der Waals surface area contributed by atoms with Crippen LogP contribution < -0.4 is 37.5 Å². The molecular formula is C60H20B2F20O. The zero-order valence-corrected chi connectivity index (χ0v) is 40.7. The molecule has 23 heteroatoms. The molecule has 0 spiro atoms. The van der Waals surface area contributed by atoms with Crippen molar-refractivity contribution >= 4 is 78.5 Å². The molecule has 0 fully saturated rings. The van der Waals surface area contributed by atoms with E-state index in [9.17, 15) is 52.7 Å². The first-order chi connectivity index (χ1) is 39.5. The lowest BCUT2D eigenvalue weighted by Crippen LogP contribution is -2.58. The van der Waals surface area contributed by atoms with E-state index in [0.29, 0.717) is 60.3 Å². The summed E-state index contributed by atoms with van der Waals surface area (Å²) in [6.07, 6.45) is 0. The molecule has 0 aromatic heterocycles. The lowest BCUT2D eigenvalue weighted by atomic mass is 9.36. The van der Waals surface area contributed by atoms with Crippen LogP contribution in [0.2, 0.25) is 0 Å². The molecule has 1 aliphatic heterocycles. The molecule has 1 nitrogen and oxygen atoms in total. The van der Waals surface area contributed by atoms with Crippen LogP contribution in [-0.2, 0) is 0 Å². The number of rotatable bonds is 8. The Balaban J connectivity index is 0.956. The summed E-state index contributed by atoms with van der Waals surface area (Å²) >= 11 is 0. The second kappa shape index (κ2) is 19.7. The van der Waals surface area contributed by atoms with Gasteiger partial charge in [-0.1, -0.05) is 102 Å². The molecular weight excluding hydrogens is 1140 g/mol. The van der Waals surface area contributed by atoms with Gasteiger partial charge in [-0.05, 0) is 85.1 Å². The molecule has 0 N–H and O–H groups in total. The molecule has 0 bridgehead atoms. The van der Waals surface area contributed by atoms with E-state index in [1.54, 1.807) is 66.7 Å². The zero-order chi connectivity index (χ0) is 59.1. The van der Waals surface area contributed by atoms with Crippen molar-refractivity contribution in [1.29, 1.82) is 0 Å².